The van der Waals surface area contributed by atoms with E-state index in [-0.39, 0.29) is 34.5 Å². The minimum Gasteiger partial charge on any atom is -0.0616 e. The molecule has 22 heavy (non-hydrogen) atoms. The van der Waals surface area contributed by atoms with Gasteiger partial charge in [-0.1, -0.05) is 60.1 Å². The van der Waals surface area contributed by atoms with E-state index >= 15 is 0 Å². The summed E-state index contributed by atoms with van der Waals surface area (Å²) in [6.45, 7) is 0. The van der Waals surface area contributed by atoms with Crippen LogP contribution in [-0.4, -0.2) is 42.5 Å². The molecule has 0 fully saturated rings. The molecule has 6 heteroatoms. The summed E-state index contributed by atoms with van der Waals surface area (Å²) in [5.41, 5.74) is 0. The Morgan fingerprint density at radius 1 is 0.727 bits per heavy atom. The second kappa shape index (κ2) is 8.67. The Hall–Kier alpha value is -0.880. The summed E-state index contributed by atoms with van der Waals surface area (Å²) in [4.78, 5) is -0.151. The molecule has 0 amide bonds. The summed E-state index contributed by atoms with van der Waals surface area (Å²) in [5, 5.41) is 3.05. The van der Waals surface area contributed by atoms with Gasteiger partial charge in [-0.15, -0.1) is 0 Å². The second-order valence-electron chi connectivity index (χ2n) is 4.28. The summed E-state index contributed by atoms with van der Waals surface area (Å²) < 4.78 is 29.4. The van der Waals surface area contributed by atoms with Crippen molar-refractivity contribution in [3.8, 4) is 0 Å². The van der Waals surface area contributed by atoms with E-state index in [1.807, 2.05) is 0 Å². The normalized spacial score (nSPS) is 10.3. The van der Waals surface area contributed by atoms with E-state index in [0.29, 0.717) is 5.02 Å². The molecule has 110 valence electrons. The molecule has 0 aliphatic heterocycles. The monoisotopic (exact) mass is 344 g/mol. The van der Waals surface area contributed by atoms with E-state index in [1.165, 1.54) is 35.0 Å². The minimum absolute atomic E-state index is 0. The molecule has 3 aromatic rings. The maximum absolute atomic E-state index is 10.5. The van der Waals surface area contributed by atoms with Crippen molar-refractivity contribution in [1.29, 1.82) is 0 Å². The topological polar surface area (TPSA) is 54.4 Å². The van der Waals surface area contributed by atoms with Gasteiger partial charge in [-0.25, -0.2) is 0 Å². The van der Waals surface area contributed by atoms with Gasteiger partial charge in [0, 0.05) is 5.02 Å². The van der Waals surface area contributed by atoms with E-state index in [4.69, 9.17) is 16.2 Å². The Balaban J connectivity index is 0.000000211. The van der Waals surface area contributed by atoms with Gasteiger partial charge in [0.2, 0.25) is 0 Å². The van der Waals surface area contributed by atoms with Gasteiger partial charge in [0.05, 0.1) is 4.90 Å². The molecule has 3 aromatic carbocycles. The summed E-state index contributed by atoms with van der Waals surface area (Å²) in [5.74, 6) is 0. The first-order chi connectivity index (χ1) is 9.97. The van der Waals surface area contributed by atoms with Gasteiger partial charge < -0.3 is 0 Å². The fourth-order valence-electron chi connectivity index (χ4n) is 1.74. The predicted molar refractivity (Wildman–Crippen MR) is 92.4 cm³/mol. The van der Waals surface area contributed by atoms with Gasteiger partial charge in [-0.3, -0.25) is 4.55 Å². The molecule has 0 heterocycles. The van der Waals surface area contributed by atoms with Crippen molar-refractivity contribution in [3.63, 3.8) is 0 Å². The molecule has 3 nitrogen and oxygen atoms in total. The molecule has 0 aromatic heterocycles. The van der Waals surface area contributed by atoms with Gasteiger partial charge in [0.15, 0.2) is 0 Å². The van der Waals surface area contributed by atoms with E-state index in [0.717, 1.165) is 0 Å². The molecule has 0 saturated carbocycles. The van der Waals surface area contributed by atoms with Crippen LogP contribution < -0.4 is 0 Å². The average molecular weight is 345 g/mol. The van der Waals surface area contributed by atoms with E-state index in [1.54, 1.807) is 0 Å². The third-order valence-corrected chi connectivity index (χ3v) is 3.89. The van der Waals surface area contributed by atoms with Crippen LogP contribution in [0.3, 0.4) is 0 Å². The Morgan fingerprint density at radius 2 is 1.09 bits per heavy atom. The van der Waals surface area contributed by atoms with Crippen molar-refractivity contribution in [1.82, 2.24) is 0 Å². The molecular formula is C16H14ClNaO3S. The van der Waals surface area contributed by atoms with Crippen molar-refractivity contribution in [2.24, 2.45) is 0 Å². The van der Waals surface area contributed by atoms with Crippen LogP contribution in [0.1, 0.15) is 0 Å². The summed E-state index contributed by atoms with van der Waals surface area (Å²) in [6, 6.07) is 22.0. The molecule has 0 radical (unpaired) electrons. The van der Waals surface area contributed by atoms with E-state index in [2.05, 4.69) is 48.5 Å². The quantitative estimate of drug-likeness (QED) is 0.540. The Kier molecular flexibility index (Phi) is 7.56. The fourth-order valence-corrected chi connectivity index (χ4v) is 2.35. The van der Waals surface area contributed by atoms with Crippen molar-refractivity contribution < 1.29 is 13.0 Å². The molecule has 0 spiro atoms. The van der Waals surface area contributed by atoms with Gasteiger partial charge in [0.25, 0.3) is 10.1 Å². The van der Waals surface area contributed by atoms with Crippen LogP contribution >= 0.6 is 11.6 Å². The van der Waals surface area contributed by atoms with E-state index in [9.17, 15) is 8.42 Å². The van der Waals surface area contributed by atoms with Gasteiger partial charge in [-0.05, 0) is 35.0 Å². The molecule has 0 bridgehead atoms. The van der Waals surface area contributed by atoms with Gasteiger partial charge in [-0.2, -0.15) is 8.42 Å². The molecular weight excluding hydrogens is 331 g/mol. The van der Waals surface area contributed by atoms with Crippen LogP contribution in [-0.2, 0) is 10.1 Å². The summed E-state index contributed by atoms with van der Waals surface area (Å²) in [6.07, 6.45) is 0. The van der Waals surface area contributed by atoms with Crippen LogP contribution in [0.15, 0.2) is 77.7 Å². The maximum Gasteiger partial charge on any atom is -0.0184 e. The number of halogens is 1. The van der Waals surface area contributed by atoms with Crippen LogP contribution in [0, 0.1) is 0 Å². The van der Waals surface area contributed by atoms with Crippen LogP contribution in [0.4, 0.5) is 0 Å². The minimum atomic E-state index is -4.08. The van der Waals surface area contributed by atoms with Crippen LogP contribution in [0.5, 0.6) is 0 Å². The zero-order chi connectivity index (χ0) is 15.3. The summed E-state index contributed by atoms with van der Waals surface area (Å²) >= 11 is 5.49. The number of hydrogen-bond acceptors (Lipinski definition) is 2. The molecule has 0 unspecified atom stereocenters. The average Bonchev–Trinajstić information content (AvgIpc) is 2.47. The maximum atomic E-state index is 10.5. The molecule has 3 rings (SSSR count). The third-order valence-electron chi connectivity index (χ3n) is 2.77. The van der Waals surface area contributed by atoms with E-state index < -0.39 is 10.1 Å². The fraction of sp³-hybridized carbons (Fsp3) is 0. The van der Waals surface area contributed by atoms with Gasteiger partial charge >= 0.3 is 29.6 Å². The molecule has 0 saturated heterocycles. The standard InChI is InChI=1S/C10H8.C6H5ClO3S.Na.H/c1-2-6-10-8-4-3-7-9(10)5-1;7-5-1-3-6(4-2-5)11(8,9)10;;/h1-8H;1-4H,(H,8,9,10);;. The Morgan fingerprint density at radius 3 is 1.41 bits per heavy atom. The Labute approximate surface area is 157 Å². The summed E-state index contributed by atoms with van der Waals surface area (Å²) in [7, 11) is -4.08. The molecule has 0 aliphatic carbocycles. The Bertz CT molecular complexity index is 768. The van der Waals surface area contributed by atoms with Crippen molar-refractivity contribution >= 4 is 62.0 Å². The first kappa shape index (κ1) is 19.2. The number of benzene rings is 3. The first-order valence-electron chi connectivity index (χ1n) is 6.14. The zero-order valence-electron chi connectivity index (χ0n) is 11.0. The largest absolute Gasteiger partial charge is 0.0616 e. The number of fused-ring (bicyclic) bond motifs is 1. The number of hydrogen-bond donors (Lipinski definition) is 1. The predicted octanol–water partition coefficient (Wildman–Crippen LogP) is 3.78. The molecule has 0 aliphatic rings. The number of rotatable bonds is 1. The van der Waals surface area contributed by atoms with Crippen molar-refractivity contribution in [2.75, 3.05) is 0 Å². The SMILES string of the molecule is O=S(=O)(O)c1ccc(Cl)cc1.[NaH].c1ccc2ccccc2c1. The van der Waals surface area contributed by atoms with Crippen molar-refractivity contribution in [2.45, 2.75) is 4.90 Å². The van der Waals surface area contributed by atoms with Crippen LogP contribution in [0.2, 0.25) is 5.02 Å². The van der Waals surface area contributed by atoms with Gasteiger partial charge in [0.1, 0.15) is 0 Å². The third kappa shape index (κ3) is 5.72. The van der Waals surface area contributed by atoms with Crippen LogP contribution in [0.25, 0.3) is 10.8 Å². The smallest absolute Gasteiger partial charge is 0.0184 e. The van der Waals surface area contributed by atoms with Crippen molar-refractivity contribution in [3.05, 3.63) is 77.8 Å². The zero-order valence-corrected chi connectivity index (χ0v) is 12.6. The second-order valence-corrected chi connectivity index (χ2v) is 6.13. The molecule has 1 N–H and O–H groups in total. The first-order valence-corrected chi connectivity index (χ1v) is 7.95. The molecule has 0 atom stereocenters.